The lowest BCUT2D eigenvalue weighted by Gasteiger charge is -2.05. The lowest BCUT2D eigenvalue weighted by molar-refractivity contribution is 1.06. The molecule has 2 aromatic carbocycles. The number of fused-ring (bicyclic) bond motifs is 1. The number of benzene rings is 2. The molecule has 0 aliphatic heterocycles. The summed E-state index contributed by atoms with van der Waals surface area (Å²) in [7, 11) is 0. The minimum absolute atomic E-state index is 0.362. The molecule has 0 spiro atoms. The van der Waals surface area contributed by atoms with Crippen LogP contribution in [0.5, 0.6) is 0 Å². The molecule has 1 aromatic heterocycles. The molecule has 0 saturated carbocycles. The molecule has 0 bridgehead atoms. The first kappa shape index (κ1) is 10.7. The van der Waals surface area contributed by atoms with Crippen molar-refractivity contribution in [3.63, 3.8) is 0 Å². The second-order valence-electron chi connectivity index (χ2n) is 3.65. The summed E-state index contributed by atoms with van der Waals surface area (Å²) in [4.78, 5) is 0. The van der Waals surface area contributed by atoms with Crippen LogP contribution >= 0.6 is 27.5 Å². The molecule has 0 unspecified atom stereocenters. The topological polar surface area (TPSA) is 30.7 Å². The van der Waals surface area contributed by atoms with Crippen LogP contribution in [-0.4, -0.2) is 14.8 Å². The summed E-state index contributed by atoms with van der Waals surface area (Å²) in [6.07, 6.45) is 1.60. The third kappa shape index (κ3) is 1.94. The summed E-state index contributed by atoms with van der Waals surface area (Å²) in [5.74, 6) is 0. The average Bonchev–Trinajstić information content (AvgIpc) is 2.75. The Morgan fingerprint density at radius 3 is 2.59 bits per heavy atom. The Bertz CT molecular complexity index is 693. The molecule has 0 atom stereocenters. The van der Waals surface area contributed by atoms with E-state index in [2.05, 4.69) is 44.3 Å². The number of hydrogen-bond donors (Lipinski definition) is 0. The van der Waals surface area contributed by atoms with E-state index in [1.165, 1.54) is 5.39 Å². The summed E-state index contributed by atoms with van der Waals surface area (Å²) in [5, 5.41) is 10.2. The normalized spacial score (nSPS) is 10.9. The van der Waals surface area contributed by atoms with E-state index in [9.17, 15) is 0 Å². The number of halogens is 2. The van der Waals surface area contributed by atoms with E-state index in [0.29, 0.717) is 5.28 Å². The molecular formula is C12H7BrClN3. The molecule has 0 aliphatic rings. The third-order valence-corrected chi connectivity index (χ3v) is 3.32. The van der Waals surface area contributed by atoms with Gasteiger partial charge in [-0.25, -0.2) is 0 Å². The molecule has 0 amide bonds. The van der Waals surface area contributed by atoms with Gasteiger partial charge in [0.25, 0.3) is 0 Å². The Morgan fingerprint density at radius 1 is 1.06 bits per heavy atom. The van der Waals surface area contributed by atoms with E-state index >= 15 is 0 Å². The van der Waals surface area contributed by atoms with Crippen molar-refractivity contribution in [3.05, 3.63) is 52.5 Å². The Balaban J connectivity index is 2.20. The first-order valence-corrected chi connectivity index (χ1v) is 6.16. The second kappa shape index (κ2) is 4.13. The molecule has 0 N–H and O–H groups in total. The molecule has 0 saturated heterocycles. The van der Waals surface area contributed by atoms with Gasteiger partial charge in [0.05, 0.1) is 5.69 Å². The van der Waals surface area contributed by atoms with Gasteiger partial charge in [-0.2, -0.15) is 0 Å². The molecule has 84 valence electrons. The van der Waals surface area contributed by atoms with Crippen LogP contribution in [0, 0.1) is 0 Å². The van der Waals surface area contributed by atoms with Crippen LogP contribution in [0.25, 0.3) is 16.5 Å². The highest BCUT2D eigenvalue weighted by atomic mass is 79.9. The second-order valence-corrected chi connectivity index (χ2v) is 4.90. The lowest BCUT2D eigenvalue weighted by Crippen LogP contribution is -1.91. The van der Waals surface area contributed by atoms with Crippen LogP contribution < -0.4 is 0 Å². The summed E-state index contributed by atoms with van der Waals surface area (Å²) in [5.41, 5.74) is 0.954. The standard InChI is InChI=1S/C12H7BrClN3/c13-10-3-1-9-6-11(4-2-8(9)5-10)17-7-15-16-12(17)14/h1-7H. The molecular weight excluding hydrogens is 302 g/mol. The van der Waals surface area contributed by atoms with Gasteiger partial charge < -0.3 is 0 Å². The number of aromatic nitrogens is 3. The number of rotatable bonds is 1. The van der Waals surface area contributed by atoms with Crippen molar-refractivity contribution in [2.75, 3.05) is 0 Å². The van der Waals surface area contributed by atoms with Crippen LogP contribution in [-0.2, 0) is 0 Å². The van der Waals surface area contributed by atoms with E-state index in [1.807, 2.05) is 18.2 Å². The van der Waals surface area contributed by atoms with E-state index in [-0.39, 0.29) is 0 Å². The SMILES string of the molecule is Clc1nncn1-c1ccc2cc(Br)ccc2c1. The molecule has 3 aromatic rings. The maximum Gasteiger partial charge on any atom is 0.229 e. The first-order valence-electron chi connectivity index (χ1n) is 4.99. The summed E-state index contributed by atoms with van der Waals surface area (Å²) >= 11 is 9.39. The Hall–Kier alpha value is -1.39. The van der Waals surface area contributed by atoms with Crippen LogP contribution in [0.1, 0.15) is 0 Å². The van der Waals surface area contributed by atoms with Crippen LogP contribution in [0.2, 0.25) is 5.28 Å². The highest BCUT2D eigenvalue weighted by Gasteiger charge is 2.04. The third-order valence-electron chi connectivity index (χ3n) is 2.57. The fourth-order valence-electron chi connectivity index (χ4n) is 1.75. The van der Waals surface area contributed by atoms with Gasteiger partial charge in [-0.05, 0) is 46.6 Å². The van der Waals surface area contributed by atoms with Gasteiger partial charge in [0, 0.05) is 4.47 Å². The molecule has 1 heterocycles. The lowest BCUT2D eigenvalue weighted by atomic mass is 10.1. The van der Waals surface area contributed by atoms with Gasteiger partial charge in [-0.15, -0.1) is 10.2 Å². The van der Waals surface area contributed by atoms with Crippen molar-refractivity contribution in [2.45, 2.75) is 0 Å². The van der Waals surface area contributed by atoms with Crippen LogP contribution in [0.4, 0.5) is 0 Å². The van der Waals surface area contributed by atoms with Gasteiger partial charge in [-0.3, -0.25) is 4.57 Å². The quantitative estimate of drug-likeness (QED) is 0.684. The largest absolute Gasteiger partial charge is 0.272 e. The number of nitrogens with zero attached hydrogens (tertiary/aromatic N) is 3. The van der Waals surface area contributed by atoms with E-state index < -0.39 is 0 Å². The maximum atomic E-state index is 5.93. The van der Waals surface area contributed by atoms with Crippen molar-refractivity contribution < 1.29 is 0 Å². The van der Waals surface area contributed by atoms with Crippen molar-refractivity contribution in [1.82, 2.24) is 14.8 Å². The van der Waals surface area contributed by atoms with Crippen LogP contribution in [0.3, 0.4) is 0 Å². The zero-order chi connectivity index (χ0) is 11.8. The minimum atomic E-state index is 0.362. The molecule has 5 heteroatoms. The van der Waals surface area contributed by atoms with E-state index in [4.69, 9.17) is 11.6 Å². The fraction of sp³-hybridized carbons (Fsp3) is 0. The maximum absolute atomic E-state index is 5.93. The molecule has 3 nitrogen and oxygen atoms in total. The molecule has 3 rings (SSSR count). The van der Waals surface area contributed by atoms with Gasteiger partial charge in [0.2, 0.25) is 5.28 Å². The Labute approximate surface area is 111 Å². The predicted molar refractivity (Wildman–Crippen MR) is 71.6 cm³/mol. The predicted octanol–water partition coefficient (Wildman–Crippen LogP) is 3.84. The van der Waals surface area contributed by atoms with Gasteiger partial charge in [-0.1, -0.05) is 28.1 Å². The molecule has 0 aliphatic carbocycles. The highest BCUT2D eigenvalue weighted by Crippen LogP contribution is 2.23. The molecule has 0 radical (unpaired) electrons. The Morgan fingerprint density at radius 2 is 1.82 bits per heavy atom. The smallest absolute Gasteiger partial charge is 0.229 e. The van der Waals surface area contributed by atoms with Gasteiger partial charge in [0.1, 0.15) is 6.33 Å². The van der Waals surface area contributed by atoms with Gasteiger partial charge >= 0.3 is 0 Å². The number of hydrogen-bond acceptors (Lipinski definition) is 2. The summed E-state index contributed by atoms with van der Waals surface area (Å²) < 4.78 is 2.81. The van der Waals surface area contributed by atoms with E-state index in [0.717, 1.165) is 15.5 Å². The monoisotopic (exact) mass is 307 g/mol. The van der Waals surface area contributed by atoms with Crippen molar-refractivity contribution in [3.8, 4) is 5.69 Å². The highest BCUT2D eigenvalue weighted by molar-refractivity contribution is 9.10. The Kier molecular flexibility index (Phi) is 2.61. The van der Waals surface area contributed by atoms with Crippen molar-refractivity contribution >= 4 is 38.3 Å². The summed E-state index contributed by atoms with van der Waals surface area (Å²) in [6.45, 7) is 0. The molecule has 0 fully saturated rings. The summed E-state index contributed by atoms with van der Waals surface area (Å²) in [6, 6.07) is 12.2. The minimum Gasteiger partial charge on any atom is -0.272 e. The van der Waals surface area contributed by atoms with Crippen molar-refractivity contribution in [2.24, 2.45) is 0 Å². The average molecular weight is 309 g/mol. The first-order chi connectivity index (χ1) is 8.24. The van der Waals surface area contributed by atoms with Crippen LogP contribution in [0.15, 0.2) is 47.2 Å². The zero-order valence-electron chi connectivity index (χ0n) is 8.64. The van der Waals surface area contributed by atoms with Gasteiger partial charge in [0.15, 0.2) is 0 Å². The zero-order valence-corrected chi connectivity index (χ0v) is 11.0. The molecule has 17 heavy (non-hydrogen) atoms. The fourth-order valence-corrected chi connectivity index (χ4v) is 2.31. The van der Waals surface area contributed by atoms with E-state index in [1.54, 1.807) is 10.9 Å². The van der Waals surface area contributed by atoms with Crippen molar-refractivity contribution in [1.29, 1.82) is 0 Å².